The molecule has 160 valence electrons. The lowest BCUT2D eigenvalue weighted by Gasteiger charge is -2.32. The van der Waals surface area contributed by atoms with E-state index in [1.54, 1.807) is 0 Å². The van der Waals surface area contributed by atoms with Gasteiger partial charge >= 0.3 is 0 Å². The summed E-state index contributed by atoms with van der Waals surface area (Å²) in [6, 6.07) is 17.1. The molecule has 3 aromatic rings. The van der Waals surface area contributed by atoms with Gasteiger partial charge in [0.15, 0.2) is 0 Å². The molecular weight excluding hydrogens is 404 g/mol. The van der Waals surface area contributed by atoms with Crippen molar-refractivity contribution in [1.29, 1.82) is 0 Å². The van der Waals surface area contributed by atoms with Gasteiger partial charge in [0.2, 0.25) is 0 Å². The van der Waals surface area contributed by atoms with Gasteiger partial charge in [-0.3, -0.25) is 9.20 Å². The molecule has 2 unspecified atom stereocenters. The third kappa shape index (κ3) is 4.55. The molecule has 5 rings (SSSR count). The third-order valence-electron chi connectivity index (χ3n) is 6.21. The molecule has 1 saturated heterocycles. The highest BCUT2D eigenvalue weighted by atomic mass is 32.2. The van der Waals surface area contributed by atoms with E-state index in [1.807, 2.05) is 30.5 Å². The molecule has 0 radical (unpaired) electrons. The van der Waals surface area contributed by atoms with E-state index in [2.05, 4.69) is 50.4 Å². The average Bonchev–Trinajstić information content (AvgIpc) is 3.24. The van der Waals surface area contributed by atoms with E-state index in [0.717, 1.165) is 53.5 Å². The van der Waals surface area contributed by atoms with Gasteiger partial charge in [0.05, 0.1) is 21.8 Å². The van der Waals surface area contributed by atoms with Gasteiger partial charge in [-0.2, -0.15) is 0 Å². The normalized spacial score (nSPS) is 19.1. The van der Waals surface area contributed by atoms with Crippen LogP contribution in [0.25, 0.3) is 11.7 Å². The molecule has 1 amide bonds. The largest absolute Gasteiger partial charge is 0.347 e. The highest BCUT2D eigenvalue weighted by molar-refractivity contribution is 8.04. The Labute approximate surface area is 187 Å². The van der Waals surface area contributed by atoms with Gasteiger partial charge < -0.3 is 10.6 Å². The van der Waals surface area contributed by atoms with Crippen LogP contribution in [0.3, 0.4) is 0 Å². The summed E-state index contributed by atoms with van der Waals surface area (Å²) in [5.41, 5.74) is 3.24. The number of aryl methyl sites for hydroxylation is 1. The molecule has 0 aliphatic carbocycles. The first kappa shape index (κ1) is 20.3. The summed E-state index contributed by atoms with van der Waals surface area (Å²) in [4.78, 5) is 18.5. The second kappa shape index (κ2) is 9.28. The van der Waals surface area contributed by atoms with Crippen molar-refractivity contribution in [2.75, 3.05) is 6.54 Å². The number of thioether (sulfide) groups is 1. The van der Waals surface area contributed by atoms with Gasteiger partial charge in [-0.05, 0) is 62.4 Å². The van der Waals surface area contributed by atoms with Crippen LogP contribution in [-0.2, 0) is 11.2 Å². The van der Waals surface area contributed by atoms with E-state index >= 15 is 0 Å². The Morgan fingerprint density at radius 3 is 2.94 bits per heavy atom. The zero-order valence-electron chi connectivity index (χ0n) is 17.6. The maximum Gasteiger partial charge on any atom is 0.258 e. The molecule has 2 aliphatic rings. The van der Waals surface area contributed by atoms with E-state index in [0.29, 0.717) is 6.04 Å². The number of nitrogens with zero attached hydrogens (tertiary/aromatic N) is 2. The number of hydrogen-bond donors (Lipinski definition) is 2. The Hall–Kier alpha value is -2.57. The molecule has 5 nitrogen and oxygen atoms in total. The lowest BCUT2D eigenvalue weighted by atomic mass is 9.93. The fourth-order valence-corrected chi connectivity index (χ4v) is 5.60. The highest BCUT2D eigenvalue weighted by Gasteiger charge is 2.27. The number of carbonyl (C=O) groups is 1. The van der Waals surface area contributed by atoms with Crippen LogP contribution in [0.2, 0.25) is 0 Å². The second-order valence-corrected chi connectivity index (χ2v) is 9.43. The summed E-state index contributed by atoms with van der Waals surface area (Å²) in [7, 11) is 0. The minimum atomic E-state index is 0.0199. The average molecular weight is 433 g/mol. The Bertz CT molecular complexity index is 1090. The molecule has 2 atom stereocenters. The SMILES string of the molecule is O=C(NC(CCCc1ccccc1)C1CCCCN1)C1=Cc2cnc3cccc(n23)S1. The summed E-state index contributed by atoms with van der Waals surface area (Å²) in [5, 5.41) is 8.06. The molecule has 0 bridgehead atoms. The van der Waals surface area contributed by atoms with Crippen LogP contribution in [0.15, 0.2) is 64.7 Å². The molecule has 0 spiro atoms. The van der Waals surface area contributed by atoms with Crippen molar-refractivity contribution in [2.45, 2.75) is 55.6 Å². The third-order valence-corrected chi connectivity index (χ3v) is 7.26. The summed E-state index contributed by atoms with van der Waals surface area (Å²) < 4.78 is 2.10. The lowest BCUT2D eigenvalue weighted by molar-refractivity contribution is -0.117. The topological polar surface area (TPSA) is 58.4 Å². The first-order valence-corrected chi connectivity index (χ1v) is 12.0. The quantitative estimate of drug-likeness (QED) is 0.580. The highest BCUT2D eigenvalue weighted by Crippen LogP contribution is 2.34. The number of piperidine rings is 1. The number of rotatable bonds is 7. The fraction of sp³-hybridized carbons (Fsp3) is 0.360. The summed E-state index contributed by atoms with van der Waals surface area (Å²) in [5.74, 6) is 0.0199. The molecule has 2 N–H and O–H groups in total. The molecule has 2 aromatic heterocycles. The standard InChI is InChI=1S/C25H28N4OS/c30-25(22-16-19-17-27-23-13-7-14-24(31-22)29(19)23)28-21(20-11-4-5-15-26-20)12-6-10-18-8-2-1-3-9-18/h1-3,7-9,13-14,16-17,20-21,26H,4-6,10-12,15H2,(H,28,30). The van der Waals surface area contributed by atoms with Gasteiger partial charge in [0.1, 0.15) is 5.65 Å². The Kier molecular flexibility index (Phi) is 6.09. The molecule has 4 heterocycles. The molecular formula is C25H28N4OS. The summed E-state index contributed by atoms with van der Waals surface area (Å²) >= 11 is 1.52. The Balaban J connectivity index is 1.29. The molecule has 0 saturated carbocycles. The minimum absolute atomic E-state index is 0.0199. The van der Waals surface area contributed by atoms with E-state index in [4.69, 9.17) is 0 Å². The lowest BCUT2D eigenvalue weighted by Crippen LogP contribution is -2.52. The van der Waals surface area contributed by atoms with Crippen LogP contribution in [0, 0.1) is 0 Å². The van der Waals surface area contributed by atoms with E-state index in [-0.39, 0.29) is 11.9 Å². The zero-order chi connectivity index (χ0) is 21.0. The number of hydrogen-bond acceptors (Lipinski definition) is 4. The van der Waals surface area contributed by atoms with Crippen molar-refractivity contribution in [1.82, 2.24) is 20.0 Å². The van der Waals surface area contributed by atoms with Crippen LogP contribution < -0.4 is 10.6 Å². The Morgan fingerprint density at radius 2 is 2.10 bits per heavy atom. The van der Waals surface area contributed by atoms with Crippen molar-refractivity contribution in [3.8, 4) is 0 Å². The van der Waals surface area contributed by atoms with Crippen LogP contribution in [0.4, 0.5) is 0 Å². The maximum atomic E-state index is 13.3. The van der Waals surface area contributed by atoms with Crippen molar-refractivity contribution >= 4 is 29.4 Å². The van der Waals surface area contributed by atoms with Gasteiger partial charge in [0, 0.05) is 12.1 Å². The number of benzene rings is 1. The van der Waals surface area contributed by atoms with Gasteiger partial charge in [-0.25, -0.2) is 4.98 Å². The van der Waals surface area contributed by atoms with Gasteiger partial charge in [-0.1, -0.05) is 54.6 Å². The summed E-state index contributed by atoms with van der Waals surface area (Å²) in [6.07, 6.45) is 10.4. The number of aromatic nitrogens is 2. The first-order chi connectivity index (χ1) is 15.3. The second-order valence-electron chi connectivity index (χ2n) is 8.37. The predicted octanol–water partition coefficient (Wildman–Crippen LogP) is 4.43. The zero-order valence-corrected chi connectivity index (χ0v) is 18.4. The van der Waals surface area contributed by atoms with Crippen LogP contribution in [-0.4, -0.2) is 33.9 Å². The first-order valence-electron chi connectivity index (χ1n) is 11.2. The van der Waals surface area contributed by atoms with Crippen molar-refractivity contribution < 1.29 is 4.79 Å². The molecule has 1 aromatic carbocycles. The number of pyridine rings is 1. The van der Waals surface area contributed by atoms with Crippen molar-refractivity contribution in [2.24, 2.45) is 0 Å². The molecule has 1 fully saturated rings. The van der Waals surface area contributed by atoms with Crippen molar-refractivity contribution in [3.63, 3.8) is 0 Å². The maximum absolute atomic E-state index is 13.3. The van der Waals surface area contributed by atoms with Gasteiger partial charge in [-0.15, -0.1) is 0 Å². The van der Waals surface area contributed by atoms with E-state index < -0.39 is 0 Å². The Morgan fingerprint density at radius 1 is 1.19 bits per heavy atom. The van der Waals surface area contributed by atoms with Crippen LogP contribution in [0.5, 0.6) is 0 Å². The van der Waals surface area contributed by atoms with E-state index in [1.165, 1.54) is 30.2 Å². The molecule has 2 aliphatic heterocycles. The van der Waals surface area contributed by atoms with Crippen molar-refractivity contribution in [3.05, 3.63) is 70.9 Å². The number of carbonyl (C=O) groups excluding carboxylic acids is 1. The monoisotopic (exact) mass is 432 g/mol. The van der Waals surface area contributed by atoms with E-state index in [9.17, 15) is 4.79 Å². The van der Waals surface area contributed by atoms with Gasteiger partial charge in [0.25, 0.3) is 5.91 Å². The smallest absolute Gasteiger partial charge is 0.258 e. The number of imidazole rings is 1. The number of amides is 1. The number of nitrogens with one attached hydrogen (secondary N) is 2. The minimum Gasteiger partial charge on any atom is -0.347 e. The predicted molar refractivity (Wildman–Crippen MR) is 126 cm³/mol. The fourth-order valence-electron chi connectivity index (χ4n) is 4.61. The van der Waals surface area contributed by atoms with Crippen LogP contribution in [0.1, 0.15) is 43.4 Å². The van der Waals surface area contributed by atoms with Crippen LogP contribution >= 0.6 is 11.8 Å². The summed E-state index contributed by atoms with van der Waals surface area (Å²) in [6.45, 7) is 1.04. The molecule has 31 heavy (non-hydrogen) atoms. The molecule has 6 heteroatoms.